The Morgan fingerprint density at radius 3 is 2.33 bits per heavy atom. The molecule has 0 bridgehead atoms. The van der Waals surface area contributed by atoms with Crippen molar-refractivity contribution in [3.63, 3.8) is 0 Å². The standard InChI is InChI=1S/C28H31ClN2O5/c1-35-23-14-12-22(13-15-23)19-31(27(33)20-36-26-11-6-5-10-24(26)29)25(28(34)30-16-7-17-32)18-21-8-3-2-4-9-21/h2-6,8-15,25,32H,7,16-20H2,1H3,(H,30,34)/t25-/m1/s1. The minimum atomic E-state index is -0.796. The topological polar surface area (TPSA) is 88.1 Å². The third-order valence-corrected chi connectivity index (χ3v) is 5.92. The summed E-state index contributed by atoms with van der Waals surface area (Å²) in [6, 6.07) is 23.0. The Morgan fingerprint density at radius 2 is 1.67 bits per heavy atom. The zero-order valence-corrected chi connectivity index (χ0v) is 21.0. The molecular formula is C28H31ClN2O5. The second-order valence-corrected chi connectivity index (χ2v) is 8.57. The van der Waals surface area contributed by atoms with E-state index in [4.69, 9.17) is 26.2 Å². The third kappa shape index (κ3) is 8.00. The molecule has 3 aromatic rings. The number of ether oxygens (including phenoxy) is 2. The molecule has 3 rings (SSSR count). The first kappa shape index (κ1) is 27.0. The molecule has 1 atom stereocenters. The van der Waals surface area contributed by atoms with E-state index < -0.39 is 6.04 Å². The van der Waals surface area contributed by atoms with Crippen LogP contribution in [-0.2, 0) is 22.6 Å². The highest BCUT2D eigenvalue weighted by molar-refractivity contribution is 6.32. The lowest BCUT2D eigenvalue weighted by Gasteiger charge is -2.31. The lowest BCUT2D eigenvalue weighted by atomic mass is 10.0. The van der Waals surface area contributed by atoms with Crippen molar-refractivity contribution in [3.8, 4) is 11.5 Å². The van der Waals surface area contributed by atoms with Crippen molar-refractivity contribution in [3.05, 3.63) is 95.0 Å². The Bertz CT molecular complexity index is 1110. The summed E-state index contributed by atoms with van der Waals surface area (Å²) in [5, 5.41) is 12.4. The molecule has 0 saturated heterocycles. The van der Waals surface area contributed by atoms with Gasteiger partial charge in [0.1, 0.15) is 17.5 Å². The second kappa shape index (κ2) is 14.1. The van der Waals surface area contributed by atoms with E-state index in [2.05, 4.69) is 5.32 Å². The van der Waals surface area contributed by atoms with E-state index in [1.54, 1.807) is 31.4 Å². The maximum Gasteiger partial charge on any atom is 0.261 e. The molecular weight excluding hydrogens is 480 g/mol. The fraction of sp³-hybridized carbons (Fsp3) is 0.286. The van der Waals surface area contributed by atoms with Gasteiger partial charge in [0, 0.05) is 26.1 Å². The van der Waals surface area contributed by atoms with Crippen LogP contribution in [0.4, 0.5) is 0 Å². The number of hydrogen-bond donors (Lipinski definition) is 2. The Morgan fingerprint density at radius 1 is 0.972 bits per heavy atom. The number of carbonyl (C=O) groups excluding carboxylic acids is 2. The van der Waals surface area contributed by atoms with Gasteiger partial charge < -0.3 is 24.8 Å². The van der Waals surface area contributed by atoms with Gasteiger partial charge in [-0.15, -0.1) is 0 Å². The third-order valence-electron chi connectivity index (χ3n) is 5.60. The number of para-hydroxylation sites is 1. The van der Waals surface area contributed by atoms with Gasteiger partial charge in [-0.3, -0.25) is 9.59 Å². The van der Waals surface area contributed by atoms with E-state index >= 15 is 0 Å². The molecule has 7 nitrogen and oxygen atoms in total. The molecule has 2 amide bonds. The van der Waals surface area contributed by atoms with Gasteiger partial charge in [-0.05, 0) is 41.8 Å². The number of halogens is 1. The number of nitrogens with one attached hydrogen (secondary N) is 1. The van der Waals surface area contributed by atoms with Crippen molar-refractivity contribution >= 4 is 23.4 Å². The summed E-state index contributed by atoms with van der Waals surface area (Å²) < 4.78 is 11.0. The van der Waals surface area contributed by atoms with Crippen molar-refractivity contribution in [2.24, 2.45) is 0 Å². The normalized spacial score (nSPS) is 11.4. The Hall–Kier alpha value is -3.55. The van der Waals surface area contributed by atoms with Crippen LogP contribution >= 0.6 is 11.6 Å². The quantitative estimate of drug-likeness (QED) is 0.341. The minimum Gasteiger partial charge on any atom is -0.497 e. The van der Waals surface area contributed by atoms with Crippen LogP contribution in [0.25, 0.3) is 0 Å². The number of aliphatic hydroxyl groups excluding tert-OH is 1. The van der Waals surface area contributed by atoms with Crippen molar-refractivity contribution < 1.29 is 24.2 Å². The van der Waals surface area contributed by atoms with Gasteiger partial charge in [0.25, 0.3) is 5.91 Å². The Balaban J connectivity index is 1.89. The van der Waals surface area contributed by atoms with Gasteiger partial charge in [0.15, 0.2) is 6.61 Å². The number of amides is 2. The van der Waals surface area contributed by atoms with Crippen molar-refractivity contribution in [1.82, 2.24) is 10.2 Å². The zero-order chi connectivity index (χ0) is 25.8. The number of methoxy groups -OCH3 is 1. The monoisotopic (exact) mass is 510 g/mol. The first-order valence-electron chi connectivity index (χ1n) is 11.7. The van der Waals surface area contributed by atoms with Gasteiger partial charge in [0.2, 0.25) is 5.91 Å². The number of aliphatic hydroxyl groups is 1. The second-order valence-electron chi connectivity index (χ2n) is 8.16. The molecule has 190 valence electrons. The fourth-order valence-corrected chi connectivity index (χ4v) is 3.86. The van der Waals surface area contributed by atoms with E-state index in [1.807, 2.05) is 54.6 Å². The highest BCUT2D eigenvalue weighted by Gasteiger charge is 2.30. The summed E-state index contributed by atoms with van der Waals surface area (Å²) in [7, 11) is 1.59. The molecule has 0 fully saturated rings. The first-order valence-corrected chi connectivity index (χ1v) is 12.1. The molecule has 0 unspecified atom stereocenters. The molecule has 2 N–H and O–H groups in total. The minimum absolute atomic E-state index is 0.0379. The molecule has 0 heterocycles. The summed E-state index contributed by atoms with van der Waals surface area (Å²) in [4.78, 5) is 28.4. The molecule has 0 aliphatic carbocycles. The summed E-state index contributed by atoms with van der Waals surface area (Å²) in [5.74, 6) is 0.432. The molecule has 0 aliphatic heterocycles. The predicted octanol–water partition coefficient (Wildman–Crippen LogP) is 3.87. The average molecular weight is 511 g/mol. The van der Waals surface area contributed by atoms with Crippen LogP contribution in [-0.4, -0.2) is 54.7 Å². The number of carbonyl (C=O) groups is 2. The molecule has 0 aliphatic rings. The van der Waals surface area contributed by atoms with Crippen LogP contribution in [0.15, 0.2) is 78.9 Å². The van der Waals surface area contributed by atoms with Crippen molar-refractivity contribution in [1.29, 1.82) is 0 Å². The van der Waals surface area contributed by atoms with Gasteiger partial charge in [0.05, 0.1) is 12.1 Å². The highest BCUT2D eigenvalue weighted by Crippen LogP contribution is 2.24. The molecule has 0 radical (unpaired) electrons. The largest absolute Gasteiger partial charge is 0.497 e. The highest BCUT2D eigenvalue weighted by atomic mass is 35.5. The van der Waals surface area contributed by atoms with Gasteiger partial charge in [-0.25, -0.2) is 0 Å². The van der Waals surface area contributed by atoms with Crippen LogP contribution < -0.4 is 14.8 Å². The SMILES string of the molecule is COc1ccc(CN(C(=O)COc2ccccc2Cl)[C@H](Cc2ccccc2)C(=O)NCCCO)cc1. The van der Waals surface area contributed by atoms with Gasteiger partial charge >= 0.3 is 0 Å². The van der Waals surface area contributed by atoms with Crippen molar-refractivity contribution in [2.75, 3.05) is 26.9 Å². The summed E-state index contributed by atoms with van der Waals surface area (Å²) in [6.45, 7) is 0.180. The molecule has 0 saturated carbocycles. The molecule has 36 heavy (non-hydrogen) atoms. The van der Waals surface area contributed by atoms with E-state index in [0.717, 1.165) is 11.1 Å². The van der Waals surface area contributed by atoms with E-state index in [0.29, 0.717) is 35.9 Å². The van der Waals surface area contributed by atoms with Crippen LogP contribution in [0, 0.1) is 0 Å². The predicted molar refractivity (Wildman–Crippen MR) is 139 cm³/mol. The lowest BCUT2D eigenvalue weighted by molar-refractivity contribution is -0.142. The number of nitrogens with zero attached hydrogens (tertiary/aromatic N) is 1. The molecule has 3 aromatic carbocycles. The molecule has 8 heteroatoms. The summed E-state index contributed by atoms with van der Waals surface area (Å²) in [6.07, 6.45) is 0.742. The van der Waals surface area contributed by atoms with Crippen LogP contribution in [0.2, 0.25) is 5.02 Å². The zero-order valence-electron chi connectivity index (χ0n) is 20.2. The average Bonchev–Trinajstić information content (AvgIpc) is 2.91. The number of rotatable bonds is 13. The van der Waals surface area contributed by atoms with Gasteiger partial charge in [-0.1, -0.05) is 66.2 Å². The summed E-state index contributed by atoms with van der Waals surface area (Å²) >= 11 is 6.19. The van der Waals surface area contributed by atoms with E-state index in [1.165, 1.54) is 4.90 Å². The molecule has 0 aromatic heterocycles. The van der Waals surface area contributed by atoms with Gasteiger partial charge in [-0.2, -0.15) is 0 Å². The first-order chi connectivity index (χ1) is 17.5. The maximum atomic E-state index is 13.5. The van der Waals surface area contributed by atoms with Crippen LogP contribution in [0.5, 0.6) is 11.5 Å². The smallest absolute Gasteiger partial charge is 0.261 e. The van der Waals surface area contributed by atoms with E-state index in [9.17, 15) is 9.59 Å². The number of benzene rings is 3. The number of hydrogen-bond acceptors (Lipinski definition) is 5. The van der Waals surface area contributed by atoms with E-state index in [-0.39, 0.29) is 31.6 Å². The fourth-order valence-electron chi connectivity index (χ4n) is 3.67. The lowest BCUT2D eigenvalue weighted by Crippen LogP contribution is -2.51. The van der Waals surface area contributed by atoms with Crippen LogP contribution in [0.1, 0.15) is 17.5 Å². The maximum absolute atomic E-state index is 13.5. The summed E-state index contributed by atoms with van der Waals surface area (Å²) in [5.41, 5.74) is 1.75. The van der Waals surface area contributed by atoms with Crippen LogP contribution in [0.3, 0.4) is 0 Å². The Kier molecular flexibility index (Phi) is 10.6. The van der Waals surface area contributed by atoms with Crippen molar-refractivity contribution in [2.45, 2.75) is 25.4 Å². The Labute approximate surface area is 216 Å². The molecule has 0 spiro atoms.